The van der Waals surface area contributed by atoms with Gasteiger partial charge in [0.25, 0.3) is 0 Å². The molecule has 1 saturated carbocycles. The number of amides is 2. The number of halogens is 3. The van der Waals surface area contributed by atoms with Crippen molar-refractivity contribution in [1.82, 2.24) is 14.7 Å². The summed E-state index contributed by atoms with van der Waals surface area (Å²) in [6.07, 6.45) is 2.14. The molecule has 0 spiro atoms. The molecule has 1 aromatic carbocycles. The Morgan fingerprint density at radius 1 is 1.26 bits per heavy atom. The van der Waals surface area contributed by atoms with E-state index in [9.17, 15) is 23.2 Å². The summed E-state index contributed by atoms with van der Waals surface area (Å²) < 4.78 is 38.6. The first-order valence-corrected chi connectivity index (χ1v) is 9.75. The largest absolute Gasteiger partial charge is 0.411 e. The number of hydrogen-bond donors (Lipinski definition) is 3. The highest BCUT2D eigenvalue weighted by molar-refractivity contribution is 6.03. The van der Waals surface area contributed by atoms with Gasteiger partial charge in [0.05, 0.1) is 17.6 Å². The van der Waals surface area contributed by atoms with Crippen molar-refractivity contribution in [1.29, 1.82) is 0 Å². The van der Waals surface area contributed by atoms with Gasteiger partial charge in [0.1, 0.15) is 12.2 Å². The summed E-state index contributed by atoms with van der Waals surface area (Å²) in [5.41, 5.74) is 3.96. The topological polar surface area (TPSA) is 91.0 Å². The maximum absolute atomic E-state index is 12.2. The molecular formula is C21H20F3N5O2. The summed E-state index contributed by atoms with van der Waals surface area (Å²) in [6.45, 7) is -1.41. The Labute approximate surface area is 175 Å². The minimum Gasteiger partial charge on any atom is -0.411 e. The molecule has 31 heavy (non-hydrogen) atoms. The van der Waals surface area contributed by atoms with E-state index >= 15 is 0 Å². The maximum Gasteiger partial charge on any atom is 0.405 e. The summed E-state index contributed by atoms with van der Waals surface area (Å²) >= 11 is 0. The third-order valence-electron chi connectivity index (χ3n) is 5.27. The van der Waals surface area contributed by atoms with Crippen molar-refractivity contribution >= 4 is 23.1 Å². The molecule has 0 saturated heterocycles. The molecule has 2 amide bonds. The average Bonchev–Trinajstić information content (AvgIpc) is 3.12. The number of alkyl halides is 3. The highest BCUT2D eigenvalue weighted by Crippen LogP contribution is 2.31. The molecule has 0 bridgehead atoms. The molecule has 0 atom stereocenters. The molecule has 4 rings (SSSR count). The first-order valence-electron chi connectivity index (χ1n) is 9.75. The van der Waals surface area contributed by atoms with Gasteiger partial charge < -0.3 is 15.8 Å². The zero-order valence-corrected chi connectivity index (χ0v) is 16.4. The lowest BCUT2D eigenvalue weighted by Gasteiger charge is -2.26. The van der Waals surface area contributed by atoms with Crippen LogP contribution in [0.3, 0.4) is 0 Å². The van der Waals surface area contributed by atoms with E-state index in [1.807, 2.05) is 28.8 Å². The van der Waals surface area contributed by atoms with E-state index < -0.39 is 18.8 Å². The number of imidazole rings is 1. The number of anilines is 1. The molecule has 2 heterocycles. The van der Waals surface area contributed by atoms with Crippen molar-refractivity contribution in [3.8, 4) is 11.3 Å². The Balaban J connectivity index is 1.55. The Bertz CT molecular complexity index is 1140. The summed E-state index contributed by atoms with van der Waals surface area (Å²) in [6, 6.07) is 9.51. The van der Waals surface area contributed by atoms with E-state index in [-0.39, 0.29) is 5.92 Å². The molecule has 7 nitrogen and oxygen atoms in total. The van der Waals surface area contributed by atoms with Crippen molar-refractivity contribution in [3.05, 3.63) is 54.4 Å². The second-order valence-corrected chi connectivity index (χ2v) is 7.40. The van der Waals surface area contributed by atoms with Crippen LogP contribution in [0, 0.1) is 5.92 Å². The van der Waals surface area contributed by atoms with Crippen LogP contribution in [-0.4, -0.2) is 39.1 Å². The normalized spacial score (nSPS) is 15.0. The number of hydrogen-bond acceptors (Lipinski definition) is 4. The van der Waals surface area contributed by atoms with Crippen molar-refractivity contribution in [3.63, 3.8) is 0 Å². The SMILES string of the molecule is O=C(NCC(F)(F)F)Nc1cccc(-c2cnc3cc(C(=NO)C4CCC4)ccn23)c1. The van der Waals surface area contributed by atoms with E-state index in [2.05, 4.69) is 15.5 Å². The lowest BCUT2D eigenvalue weighted by Crippen LogP contribution is -2.36. The van der Waals surface area contributed by atoms with E-state index in [1.54, 1.807) is 29.7 Å². The third kappa shape index (κ3) is 4.62. The van der Waals surface area contributed by atoms with Gasteiger partial charge in [0.15, 0.2) is 0 Å². The number of carbonyl (C=O) groups excluding carboxylic acids is 1. The number of pyridine rings is 1. The van der Waals surface area contributed by atoms with Crippen LogP contribution in [0.1, 0.15) is 24.8 Å². The van der Waals surface area contributed by atoms with Gasteiger partial charge in [-0.15, -0.1) is 0 Å². The van der Waals surface area contributed by atoms with Crippen LogP contribution < -0.4 is 10.6 Å². The summed E-state index contributed by atoms with van der Waals surface area (Å²) in [5.74, 6) is 0.258. The van der Waals surface area contributed by atoms with Crippen LogP contribution in [0.25, 0.3) is 16.9 Å². The van der Waals surface area contributed by atoms with Gasteiger partial charge in [-0.25, -0.2) is 9.78 Å². The molecule has 0 aliphatic heterocycles. The molecule has 2 aromatic heterocycles. The van der Waals surface area contributed by atoms with E-state index in [4.69, 9.17) is 0 Å². The van der Waals surface area contributed by atoms with E-state index in [1.165, 1.54) is 0 Å². The summed E-state index contributed by atoms with van der Waals surface area (Å²) in [4.78, 5) is 16.1. The number of rotatable bonds is 5. The molecule has 10 heteroatoms. The quantitative estimate of drug-likeness (QED) is 0.312. The van der Waals surface area contributed by atoms with Crippen LogP contribution >= 0.6 is 0 Å². The monoisotopic (exact) mass is 431 g/mol. The molecular weight excluding hydrogens is 411 g/mol. The van der Waals surface area contributed by atoms with Crippen LogP contribution in [0.5, 0.6) is 0 Å². The Kier molecular flexibility index (Phi) is 5.53. The number of benzene rings is 1. The van der Waals surface area contributed by atoms with E-state index in [0.717, 1.165) is 36.1 Å². The zero-order chi connectivity index (χ0) is 22.0. The number of aromatic nitrogens is 2. The van der Waals surface area contributed by atoms with Crippen LogP contribution in [0.4, 0.5) is 23.7 Å². The fourth-order valence-electron chi connectivity index (χ4n) is 3.52. The maximum atomic E-state index is 12.2. The second kappa shape index (κ2) is 8.29. The highest BCUT2D eigenvalue weighted by atomic mass is 19.4. The average molecular weight is 431 g/mol. The molecule has 0 radical (unpaired) electrons. The van der Waals surface area contributed by atoms with Gasteiger partial charge in [0, 0.05) is 28.9 Å². The lowest BCUT2D eigenvalue weighted by molar-refractivity contribution is -0.122. The first-order chi connectivity index (χ1) is 14.8. The Hall–Kier alpha value is -3.56. The number of carbonyl (C=O) groups is 1. The van der Waals surface area contributed by atoms with Gasteiger partial charge in [-0.2, -0.15) is 13.2 Å². The summed E-state index contributed by atoms with van der Waals surface area (Å²) in [7, 11) is 0. The van der Waals surface area contributed by atoms with Crippen molar-refractivity contribution in [2.45, 2.75) is 25.4 Å². The molecule has 1 fully saturated rings. The molecule has 0 unspecified atom stereocenters. The molecule has 1 aliphatic carbocycles. The van der Waals surface area contributed by atoms with Gasteiger partial charge in [-0.3, -0.25) is 4.40 Å². The molecule has 1 aliphatic rings. The number of urea groups is 1. The zero-order valence-electron chi connectivity index (χ0n) is 16.4. The van der Waals surface area contributed by atoms with Gasteiger partial charge in [0.2, 0.25) is 0 Å². The van der Waals surface area contributed by atoms with E-state index in [0.29, 0.717) is 17.0 Å². The van der Waals surface area contributed by atoms with Gasteiger partial charge >= 0.3 is 12.2 Å². The number of nitrogens with zero attached hydrogens (tertiary/aromatic N) is 3. The standard InChI is InChI=1S/C21H20F3N5O2/c22-21(23,24)12-26-20(30)27-16-6-2-5-14(9-16)17-11-25-18-10-15(7-8-29(17)18)19(28-31)13-3-1-4-13/h2,5-11,13,31H,1,3-4,12H2,(H2,26,27,30). The van der Waals surface area contributed by atoms with Gasteiger partial charge in [-0.1, -0.05) is 23.7 Å². The van der Waals surface area contributed by atoms with Crippen molar-refractivity contribution in [2.24, 2.45) is 11.1 Å². The molecule has 162 valence electrons. The minimum absolute atomic E-state index is 0.258. The fourth-order valence-corrected chi connectivity index (χ4v) is 3.52. The third-order valence-corrected chi connectivity index (χ3v) is 5.27. The number of oxime groups is 1. The summed E-state index contributed by atoms with van der Waals surface area (Å²) in [5, 5.41) is 17.1. The Morgan fingerprint density at radius 3 is 2.74 bits per heavy atom. The fraction of sp³-hybridized carbons (Fsp3) is 0.286. The predicted molar refractivity (Wildman–Crippen MR) is 109 cm³/mol. The smallest absolute Gasteiger partial charge is 0.405 e. The molecule has 3 N–H and O–H groups in total. The van der Waals surface area contributed by atoms with Crippen LogP contribution in [0.15, 0.2) is 53.9 Å². The van der Waals surface area contributed by atoms with Crippen LogP contribution in [0.2, 0.25) is 0 Å². The van der Waals surface area contributed by atoms with Gasteiger partial charge in [-0.05, 0) is 37.1 Å². The first kappa shape index (κ1) is 20.7. The van der Waals surface area contributed by atoms with Crippen molar-refractivity contribution in [2.75, 3.05) is 11.9 Å². The highest BCUT2D eigenvalue weighted by Gasteiger charge is 2.28. The van der Waals surface area contributed by atoms with Crippen LogP contribution in [-0.2, 0) is 0 Å². The predicted octanol–water partition coefficient (Wildman–Crippen LogP) is 4.66. The molecule has 3 aromatic rings. The van der Waals surface area contributed by atoms with Crippen molar-refractivity contribution < 1.29 is 23.2 Å². The minimum atomic E-state index is -4.48. The lowest BCUT2D eigenvalue weighted by atomic mass is 9.79. The second-order valence-electron chi connectivity index (χ2n) is 7.40. The Morgan fingerprint density at radius 2 is 2.06 bits per heavy atom. The number of nitrogens with one attached hydrogen (secondary N) is 2. The number of fused-ring (bicyclic) bond motifs is 1.